The van der Waals surface area contributed by atoms with Crippen LogP contribution in [0, 0.1) is 5.92 Å². The summed E-state index contributed by atoms with van der Waals surface area (Å²) in [5.41, 5.74) is 1.70. The summed E-state index contributed by atoms with van der Waals surface area (Å²) in [6.45, 7) is 2.14. The number of rotatable bonds is 5. The summed E-state index contributed by atoms with van der Waals surface area (Å²) in [5.74, 6) is 0.951. The van der Waals surface area contributed by atoms with E-state index in [4.69, 9.17) is 16.7 Å². The number of aliphatic hydroxyl groups excluding tert-OH is 1. The van der Waals surface area contributed by atoms with Crippen LogP contribution in [0.25, 0.3) is 0 Å². The minimum absolute atomic E-state index is 0.0561. The molecule has 2 unspecified atom stereocenters. The molecule has 0 spiro atoms. The van der Waals surface area contributed by atoms with E-state index in [1.165, 1.54) is 0 Å². The molecule has 1 aliphatic heterocycles. The number of thioether (sulfide) groups is 1. The fourth-order valence-corrected chi connectivity index (χ4v) is 3.25. The number of amides is 1. The van der Waals surface area contributed by atoms with Crippen LogP contribution in [0.5, 0.6) is 0 Å². The first-order chi connectivity index (χ1) is 9.06. The second-order valence-electron chi connectivity index (χ2n) is 4.68. The zero-order chi connectivity index (χ0) is 14.0. The van der Waals surface area contributed by atoms with Crippen LogP contribution < -0.4 is 10.6 Å². The van der Waals surface area contributed by atoms with E-state index in [1.807, 2.05) is 19.1 Å². The molecule has 0 saturated carbocycles. The molecule has 0 aliphatic carbocycles. The third kappa shape index (κ3) is 3.05. The van der Waals surface area contributed by atoms with Crippen LogP contribution in [0.15, 0.2) is 17.0 Å². The first-order valence-corrected chi connectivity index (χ1v) is 7.48. The molecule has 4 nitrogen and oxygen atoms in total. The average molecular weight is 301 g/mol. The number of halogens is 1. The van der Waals surface area contributed by atoms with Gasteiger partial charge in [-0.25, -0.2) is 0 Å². The number of nitrogens with one attached hydrogen (secondary N) is 2. The predicted octanol–water partition coefficient (Wildman–Crippen LogP) is 2.27. The van der Waals surface area contributed by atoms with Crippen molar-refractivity contribution in [2.24, 2.45) is 5.92 Å². The molecule has 2 rings (SSSR count). The van der Waals surface area contributed by atoms with Gasteiger partial charge in [0.2, 0.25) is 5.91 Å². The van der Waals surface area contributed by atoms with Crippen molar-refractivity contribution in [1.29, 1.82) is 0 Å². The zero-order valence-electron chi connectivity index (χ0n) is 10.9. The number of hydrogen-bond donors (Lipinski definition) is 3. The van der Waals surface area contributed by atoms with Crippen LogP contribution in [0.4, 0.5) is 5.69 Å². The molecule has 0 radical (unpaired) electrons. The summed E-state index contributed by atoms with van der Waals surface area (Å²) in [7, 11) is 1.75. The number of hydrogen-bond acceptors (Lipinski definition) is 4. The molecular formula is C13H17ClN2O2S. The van der Waals surface area contributed by atoms with Crippen LogP contribution in [0.2, 0.25) is 5.02 Å². The highest BCUT2D eigenvalue weighted by Crippen LogP contribution is 2.39. The van der Waals surface area contributed by atoms with E-state index in [0.717, 1.165) is 21.9 Å². The van der Waals surface area contributed by atoms with E-state index < -0.39 is 0 Å². The molecule has 6 heteroatoms. The fourth-order valence-electron chi connectivity index (χ4n) is 1.94. The Morgan fingerprint density at radius 1 is 1.58 bits per heavy atom. The molecule has 104 valence electrons. The van der Waals surface area contributed by atoms with Gasteiger partial charge in [0, 0.05) is 28.5 Å². The quantitative estimate of drug-likeness (QED) is 0.730. The molecule has 19 heavy (non-hydrogen) atoms. The highest BCUT2D eigenvalue weighted by molar-refractivity contribution is 7.99. The molecule has 1 aliphatic rings. The fraction of sp³-hybridized carbons (Fsp3) is 0.462. The number of likely N-dealkylation sites (N-methyl/N-ethyl adjacent to an activating group) is 1. The van der Waals surface area contributed by atoms with Gasteiger partial charge in [-0.05, 0) is 25.1 Å². The molecule has 3 N–H and O–H groups in total. The Labute approximate surface area is 121 Å². The Kier molecular flexibility index (Phi) is 4.73. The van der Waals surface area contributed by atoms with E-state index in [-0.39, 0.29) is 24.5 Å². The Balaban J connectivity index is 2.21. The summed E-state index contributed by atoms with van der Waals surface area (Å²) in [6.07, 6.45) is 0. The lowest BCUT2D eigenvalue weighted by Gasteiger charge is -2.11. The van der Waals surface area contributed by atoms with Crippen molar-refractivity contribution in [2.75, 3.05) is 24.7 Å². The number of anilines is 1. The first-order valence-electron chi connectivity index (χ1n) is 6.12. The average Bonchev–Trinajstić information content (AvgIpc) is 2.70. The lowest BCUT2D eigenvalue weighted by molar-refractivity contribution is -0.117. The lowest BCUT2D eigenvalue weighted by Crippen LogP contribution is -2.23. The number of aliphatic hydroxyl groups is 1. The zero-order valence-corrected chi connectivity index (χ0v) is 12.4. The number of fused-ring (bicyclic) bond motifs is 1. The van der Waals surface area contributed by atoms with Gasteiger partial charge in [-0.3, -0.25) is 4.79 Å². The van der Waals surface area contributed by atoms with E-state index >= 15 is 0 Å². The van der Waals surface area contributed by atoms with Gasteiger partial charge >= 0.3 is 0 Å². The van der Waals surface area contributed by atoms with Crippen molar-refractivity contribution in [2.45, 2.75) is 17.9 Å². The minimum atomic E-state index is -0.331. The van der Waals surface area contributed by atoms with Crippen LogP contribution in [0.1, 0.15) is 18.5 Å². The summed E-state index contributed by atoms with van der Waals surface area (Å²) >= 11 is 7.85. The van der Waals surface area contributed by atoms with Crippen molar-refractivity contribution >= 4 is 35.0 Å². The second-order valence-corrected chi connectivity index (χ2v) is 6.15. The maximum Gasteiger partial charge on any atom is 0.246 e. The van der Waals surface area contributed by atoms with Gasteiger partial charge < -0.3 is 15.7 Å². The molecule has 1 amide bonds. The SMILES string of the molecule is CNC1C(=O)Nc2cc(SCC(C)CO)c(Cl)cc21. The maximum atomic E-state index is 11.7. The smallest absolute Gasteiger partial charge is 0.246 e. The number of carbonyl (C=O) groups excluding carboxylic acids is 1. The van der Waals surface area contributed by atoms with Crippen LogP contribution in [-0.2, 0) is 4.79 Å². The third-order valence-electron chi connectivity index (χ3n) is 3.06. The lowest BCUT2D eigenvalue weighted by atomic mass is 10.1. The number of carbonyl (C=O) groups is 1. The predicted molar refractivity (Wildman–Crippen MR) is 78.9 cm³/mol. The largest absolute Gasteiger partial charge is 0.396 e. The van der Waals surface area contributed by atoms with Gasteiger partial charge in [-0.15, -0.1) is 11.8 Å². The van der Waals surface area contributed by atoms with Crippen molar-refractivity contribution < 1.29 is 9.90 Å². The monoisotopic (exact) mass is 300 g/mol. The summed E-state index contributed by atoms with van der Waals surface area (Å²) < 4.78 is 0. The van der Waals surface area contributed by atoms with Crippen molar-refractivity contribution in [3.05, 3.63) is 22.7 Å². The molecular weight excluding hydrogens is 284 g/mol. The van der Waals surface area contributed by atoms with Crippen LogP contribution >= 0.6 is 23.4 Å². The second kappa shape index (κ2) is 6.13. The molecule has 1 aromatic rings. The van der Waals surface area contributed by atoms with E-state index in [1.54, 1.807) is 18.8 Å². The Bertz CT molecular complexity index is 496. The Morgan fingerprint density at radius 3 is 2.95 bits per heavy atom. The molecule has 1 heterocycles. The summed E-state index contributed by atoms with van der Waals surface area (Å²) in [4.78, 5) is 12.7. The van der Waals surface area contributed by atoms with Crippen LogP contribution in [-0.4, -0.2) is 30.4 Å². The Morgan fingerprint density at radius 2 is 2.32 bits per heavy atom. The summed E-state index contributed by atoms with van der Waals surface area (Å²) in [5, 5.41) is 15.5. The normalized spacial score (nSPS) is 19.2. The molecule has 0 aromatic heterocycles. The van der Waals surface area contributed by atoms with Gasteiger partial charge in [0.05, 0.1) is 5.02 Å². The Hall–Kier alpha value is -0.750. The van der Waals surface area contributed by atoms with Gasteiger partial charge in [-0.1, -0.05) is 18.5 Å². The molecule has 0 bridgehead atoms. The van der Waals surface area contributed by atoms with Gasteiger partial charge in [-0.2, -0.15) is 0 Å². The minimum Gasteiger partial charge on any atom is -0.396 e. The maximum absolute atomic E-state index is 11.7. The van der Waals surface area contributed by atoms with Crippen LogP contribution in [0.3, 0.4) is 0 Å². The third-order valence-corrected chi connectivity index (χ3v) is 4.87. The van der Waals surface area contributed by atoms with Gasteiger partial charge in [0.25, 0.3) is 0 Å². The highest BCUT2D eigenvalue weighted by atomic mass is 35.5. The molecule has 0 fully saturated rings. The highest BCUT2D eigenvalue weighted by Gasteiger charge is 2.30. The van der Waals surface area contributed by atoms with E-state index in [2.05, 4.69) is 10.6 Å². The van der Waals surface area contributed by atoms with E-state index in [0.29, 0.717) is 5.02 Å². The molecule has 2 atom stereocenters. The van der Waals surface area contributed by atoms with Crippen molar-refractivity contribution in [1.82, 2.24) is 5.32 Å². The first kappa shape index (κ1) is 14.7. The molecule has 1 aromatic carbocycles. The topological polar surface area (TPSA) is 61.4 Å². The van der Waals surface area contributed by atoms with Gasteiger partial charge in [0.1, 0.15) is 6.04 Å². The van der Waals surface area contributed by atoms with Gasteiger partial charge in [0.15, 0.2) is 0 Å². The molecule has 0 saturated heterocycles. The summed E-state index contributed by atoms with van der Waals surface area (Å²) in [6, 6.07) is 3.41. The van der Waals surface area contributed by atoms with Crippen molar-refractivity contribution in [3.8, 4) is 0 Å². The van der Waals surface area contributed by atoms with Crippen molar-refractivity contribution in [3.63, 3.8) is 0 Å². The van der Waals surface area contributed by atoms with E-state index in [9.17, 15) is 4.79 Å². The standard InChI is InChI=1S/C13H17ClN2O2S/c1-7(5-17)6-19-11-4-10-8(3-9(11)14)12(15-2)13(18)16-10/h3-4,7,12,15,17H,5-6H2,1-2H3,(H,16,18). The number of benzene rings is 1.